The fourth-order valence-corrected chi connectivity index (χ4v) is 2.56. The first-order valence-corrected chi connectivity index (χ1v) is 7.76. The molecule has 0 amide bonds. The Hall–Kier alpha value is -1.88. The monoisotopic (exact) mass is 321 g/mol. The molecule has 0 saturated carbocycles. The highest BCUT2D eigenvalue weighted by Gasteiger charge is 2.22. The molecule has 0 saturated heterocycles. The maximum absolute atomic E-state index is 13.8. The van der Waals surface area contributed by atoms with Crippen molar-refractivity contribution in [2.24, 2.45) is 0 Å². The number of hydrogen-bond acceptors (Lipinski definition) is 3. The summed E-state index contributed by atoms with van der Waals surface area (Å²) >= 11 is 0. The van der Waals surface area contributed by atoms with Crippen LogP contribution < -0.4 is 5.32 Å². The van der Waals surface area contributed by atoms with Crippen LogP contribution in [0.5, 0.6) is 0 Å². The lowest BCUT2D eigenvalue weighted by atomic mass is 9.86. The molecule has 0 aliphatic heterocycles. The third kappa shape index (κ3) is 4.79. The zero-order valence-corrected chi connectivity index (χ0v) is 14.3. The molecule has 0 radical (unpaired) electrons. The van der Waals surface area contributed by atoms with Crippen LogP contribution in [0.3, 0.4) is 0 Å². The average molecular weight is 321 g/mol. The lowest BCUT2D eigenvalue weighted by Crippen LogP contribution is -2.12. The van der Waals surface area contributed by atoms with Crippen LogP contribution in [0.4, 0.5) is 8.78 Å². The summed E-state index contributed by atoms with van der Waals surface area (Å²) in [5, 5.41) is 10.9. The molecular formula is C18H25F2N3. The van der Waals surface area contributed by atoms with E-state index in [4.69, 9.17) is 0 Å². The molecule has 0 fully saturated rings. The van der Waals surface area contributed by atoms with Gasteiger partial charge in [0.1, 0.15) is 11.7 Å². The van der Waals surface area contributed by atoms with E-state index in [1.54, 1.807) is 6.07 Å². The third-order valence-corrected chi connectivity index (χ3v) is 3.60. The van der Waals surface area contributed by atoms with Gasteiger partial charge in [-0.05, 0) is 58.8 Å². The highest BCUT2D eigenvalue weighted by atomic mass is 19.1. The van der Waals surface area contributed by atoms with Crippen LogP contribution >= 0.6 is 0 Å². The fourth-order valence-electron chi connectivity index (χ4n) is 2.56. The van der Waals surface area contributed by atoms with Crippen LogP contribution in [0, 0.1) is 0 Å². The normalized spacial score (nSPS) is 18.3. The molecule has 1 aliphatic carbocycles. The number of fused-ring (bicyclic) bond motifs is 1. The van der Waals surface area contributed by atoms with E-state index in [1.165, 1.54) is 19.9 Å². The van der Waals surface area contributed by atoms with Gasteiger partial charge in [-0.25, -0.2) is 8.78 Å². The van der Waals surface area contributed by atoms with Crippen LogP contribution in [0.1, 0.15) is 49.6 Å². The smallest absolute Gasteiger partial charge is 0.131 e. The number of halogens is 2. The number of aryl methyl sites for hydroxylation is 1. The molecule has 0 spiro atoms. The van der Waals surface area contributed by atoms with Crippen molar-refractivity contribution in [1.29, 1.82) is 0 Å². The second-order valence-electron chi connectivity index (χ2n) is 5.42. The average Bonchev–Trinajstić information content (AvgIpc) is 2.54. The Morgan fingerprint density at radius 3 is 2.52 bits per heavy atom. The summed E-state index contributed by atoms with van der Waals surface area (Å²) in [4.78, 5) is 0. The maximum Gasteiger partial charge on any atom is 0.131 e. The van der Waals surface area contributed by atoms with E-state index in [9.17, 15) is 8.78 Å². The van der Waals surface area contributed by atoms with E-state index in [-0.39, 0.29) is 17.2 Å². The van der Waals surface area contributed by atoms with Gasteiger partial charge in [-0.15, -0.1) is 6.58 Å². The summed E-state index contributed by atoms with van der Waals surface area (Å²) < 4.78 is 27.4. The SMILES string of the molecule is C=CC1CCCc2cc(C(/C(F)=C\C)=C(/C)F)nnc21.CNC. The number of nitrogens with zero attached hydrogens (tertiary/aromatic N) is 2. The zero-order chi connectivity index (χ0) is 17.4. The fraction of sp³-hybridized carbons (Fsp3) is 0.444. The third-order valence-electron chi connectivity index (χ3n) is 3.60. The molecule has 1 aromatic heterocycles. The predicted molar refractivity (Wildman–Crippen MR) is 91.5 cm³/mol. The minimum absolute atomic E-state index is 0.108. The van der Waals surface area contributed by atoms with Gasteiger partial charge in [0.05, 0.1) is 17.0 Å². The summed E-state index contributed by atoms with van der Waals surface area (Å²) in [6.45, 7) is 6.56. The van der Waals surface area contributed by atoms with E-state index < -0.39 is 11.7 Å². The Morgan fingerprint density at radius 1 is 1.35 bits per heavy atom. The molecule has 0 aromatic carbocycles. The highest BCUT2D eigenvalue weighted by molar-refractivity contribution is 5.76. The van der Waals surface area contributed by atoms with Gasteiger partial charge >= 0.3 is 0 Å². The number of hydrogen-bond donors (Lipinski definition) is 1. The van der Waals surface area contributed by atoms with E-state index in [2.05, 4.69) is 22.1 Å². The molecular weight excluding hydrogens is 296 g/mol. The Morgan fingerprint density at radius 2 is 2.00 bits per heavy atom. The van der Waals surface area contributed by atoms with Crippen molar-refractivity contribution in [3.05, 3.63) is 53.4 Å². The molecule has 2 rings (SSSR count). The van der Waals surface area contributed by atoms with Gasteiger partial charge in [0, 0.05) is 5.92 Å². The van der Waals surface area contributed by atoms with Gasteiger partial charge in [0.2, 0.25) is 0 Å². The zero-order valence-electron chi connectivity index (χ0n) is 14.3. The number of aromatic nitrogens is 2. The molecule has 23 heavy (non-hydrogen) atoms. The van der Waals surface area contributed by atoms with E-state index in [0.717, 1.165) is 30.5 Å². The minimum Gasteiger partial charge on any atom is -0.323 e. The second-order valence-corrected chi connectivity index (χ2v) is 5.42. The van der Waals surface area contributed by atoms with Crippen molar-refractivity contribution in [3.8, 4) is 0 Å². The summed E-state index contributed by atoms with van der Waals surface area (Å²) in [7, 11) is 3.75. The summed E-state index contributed by atoms with van der Waals surface area (Å²) in [6, 6.07) is 1.75. The van der Waals surface area contributed by atoms with Crippen molar-refractivity contribution in [2.75, 3.05) is 14.1 Å². The molecule has 0 bridgehead atoms. The van der Waals surface area contributed by atoms with E-state index in [0.29, 0.717) is 0 Å². The Kier molecular flexibility index (Phi) is 7.75. The van der Waals surface area contributed by atoms with E-state index in [1.807, 2.05) is 20.2 Å². The number of allylic oxidation sites excluding steroid dienone is 5. The van der Waals surface area contributed by atoms with Crippen molar-refractivity contribution in [3.63, 3.8) is 0 Å². The first-order chi connectivity index (χ1) is 11.0. The van der Waals surface area contributed by atoms with E-state index >= 15 is 0 Å². The summed E-state index contributed by atoms with van der Waals surface area (Å²) in [5.74, 6) is -1.02. The molecule has 1 N–H and O–H groups in total. The molecule has 1 unspecified atom stereocenters. The number of rotatable bonds is 3. The van der Waals surface area contributed by atoms with Crippen LogP contribution in [0.25, 0.3) is 5.57 Å². The molecule has 1 heterocycles. The lowest BCUT2D eigenvalue weighted by Gasteiger charge is -2.21. The van der Waals surface area contributed by atoms with Crippen molar-refractivity contribution in [2.45, 2.75) is 39.0 Å². The molecule has 1 atom stereocenters. The molecule has 5 heteroatoms. The van der Waals surface area contributed by atoms with Crippen LogP contribution in [0.2, 0.25) is 0 Å². The van der Waals surface area contributed by atoms with Gasteiger partial charge in [0.25, 0.3) is 0 Å². The quantitative estimate of drug-likeness (QED) is 0.658. The standard InChI is InChI=1S/C16H18F2N2.C2H7N/c1-4-11-7-6-8-12-9-14(19-20-16(11)12)15(10(3)17)13(18)5-2;1-3-2/h4-5,9,11H,1,6-8H2,2-3H3;3H,1-2H3/b13-5+,15-10-;. The van der Waals surface area contributed by atoms with Crippen LogP contribution in [0.15, 0.2) is 36.5 Å². The van der Waals surface area contributed by atoms with Crippen molar-refractivity contribution >= 4 is 5.57 Å². The predicted octanol–water partition coefficient (Wildman–Crippen LogP) is 4.49. The van der Waals surface area contributed by atoms with Gasteiger partial charge in [-0.2, -0.15) is 10.2 Å². The molecule has 1 aromatic rings. The maximum atomic E-state index is 13.8. The second kappa shape index (κ2) is 9.30. The van der Waals surface area contributed by atoms with Gasteiger partial charge in [-0.3, -0.25) is 0 Å². The van der Waals surface area contributed by atoms with Crippen LogP contribution in [-0.2, 0) is 6.42 Å². The molecule has 1 aliphatic rings. The number of nitrogens with one attached hydrogen (secondary N) is 1. The minimum atomic E-state index is -0.615. The summed E-state index contributed by atoms with van der Waals surface area (Å²) in [6.07, 6.45) is 5.97. The Labute approximate surface area is 137 Å². The molecule has 126 valence electrons. The lowest BCUT2D eigenvalue weighted by molar-refractivity contribution is 0.596. The summed E-state index contributed by atoms with van der Waals surface area (Å²) in [5.41, 5.74) is 2.04. The van der Waals surface area contributed by atoms with Gasteiger partial charge in [-0.1, -0.05) is 12.2 Å². The Balaban J connectivity index is 0.000000816. The Bertz CT molecular complexity index is 602. The van der Waals surface area contributed by atoms with Crippen molar-refractivity contribution < 1.29 is 8.78 Å². The van der Waals surface area contributed by atoms with Gasteiger partial charge < -0.3 is 5.32 Å². The topological polar surface area (TPSA) is 37.8 Å². The van der Waals surface area contributed by atoms with Crippen molar-refractivity contribution in [1.82, 2.24) is 15.5 Å². The van der Waals surface area contributed by atoms with Crippen LogP contribution in [-0.4, -0.2) is 24.3 Å². The largest absolute Gasteiger partial charge is 0.323 e. The first-order valence-electron chi connectivity index (χ1n) is 7.76. The first kappa shape index (κ1) is 19.2. The van der Waals surface area contributed by atoms with Gasteiger partial charge in [0.15, 0.2) is 0 Å². The highest BCUT2D eigenvalue weighted by Crippen LogP contribution is 2.33. The molecule has 3 nitrogen and oxygen atoms in total.